The van der Waals surface area contributed by atoms with Gasteiger partial charge in [-0.05, 0) is 72.7 Å². The Balaban J connectivity index is 0.823. The Bertz CT molecular complexity index is 2240. The molecule has 14 heteroatoms. The molecule has 330 valence electrons. The van der Waals surface area contributed by atoms with Gasteiger partial charge in [-0.2, -0.15) is 0 Å². The molecule has 1 fully saturated rings. The summed E-state index contributed by atoms with van der Waals surface area (Å²) >= 11 is 1.60. The predicted octanol–water partition coefficient (Wildman–Crippen LogP) is 7.06. The van der Waals surface area contributed by atoms with E-state index in [9.17, 15) is 14.4 Å². The summed E-state index contributed by atoms with van der Waals surface area (Å²) in [5, 5.41) is 6.90. The minimum absolute atomic E-state index is 0.201. The monoisotopic (exact) mass is 864 g/mol. The number of rotatable bonds is 21. The molecule has 62 heavy (non-hydrogen) atoms. The van der Waals surface area contributed by atoms with Crippen LogP contribution in [0, 0.1) is 12.3 Å². The maximum absolute atomic E-state index is 13.9. The van der Waals surface area contributed by atoms with E-state index >= 15 is 0 Å². The number of anilines is 1. The van der Waals surface area contributed by atoms with Crippen LogP contribution in [0.4, 0.5) is 5.69 Å². The molecule has 2 aromatic heterocycles. The highest BCUT2D eigenvalue weighted by molar-refractivity contribution is 7.13. The van der Waals surface area contributed by atoms with Crippen LogP contribution in [0.25, 0.3) is 32.6 Å². The Kier molecular flexibility index (Phi) is 16.4. The van der Waals surface area contributed by atoms with E-state index in [0.29, 0.717) is 59.0 Å². The summed E-state index contributed by atoms with van der Waals surface area (Å²) in [6, 6.07) is 25.0. The molecule has 0 saturated carbocycles. The second-order valence-electron chi connectivity index (χ2n) is 16.7. The first-order chi connectivity index (χ1) is 29.9. The lowest BCUT2D eigenvalue weighted by Crippen LogP contribution is -2.58. The number of pyridine rings is 1. The van der Waals surface area contributed by atoms with Crippen LogP contribution in [0.1, 0.15) is 51.3 Å². The average Bonchev–Trinajstić information content (AvgIpc) is 3.94. The van der Waals surface area contributed by atoms with E-state index in [1.165, 1.54) is 0 Å². The van der Waals surface area contributed by atoms with Gasteiger partial charge in [0.1, 0.15) is 24.4 Å². The molecule has 2 unspecified atom stereocenters. The Morgan fingerprint density at radius 1 is 0.871 bits per heavy atom. The van der Waals surface area contributed by atoms with Crippen molar-refractivity contribution in [3.8, 4) is 27.4 Å². The lowest BCUT2D eigenvalue weighted by Gasteiger charge is -2.35. The molecule has 6 rings (SSSR count). The van der Waals surface area contributed by atoms with Gasteiger partial charge in [0.15, 0.2) is 0 Å². The Labute approximate surface area is 369 Å². The van der Waals surface area contributed by atoms with E-state index in [2.05, 4.69) is 50.8 Å². The Morgan fingerprint density at radius 2 is 1.58 bits per heavy atom. The molecular weight excluding hydrogens is 805 g/mol. The largest absolute Gasteiger partial charge is 0.493 e. The maximum Gasteiger partial charge on any atom is 0.246 e. The van der Waals surface area contributed by atoms with Crippen LogP contribution in [0.3, 0.4) is 0 Å². The van der Waals surface area contributed by atoms with E-state index in [4.69, 9.17) is 23.9 Å². The van der Waals surface area contributed by atoms with Crippen molar-refractivity contribution in [1.29, 1.82) is 0 Å². The van der Waals surface area contributed by atoms with Crippen LogP contribution in [-0.4, -0.2) is 112 Å². The lowest BCUT2D eigenvalue weighted by atomic mass is 9.85. The summed E-state index contributed by atoms with van der Waals surface area (Å²) < 4.78 is 22.8. The molecule has 3 aromatic carbocycles. The van der Waals surface area contributed by atoms with Crippen molar-refractivity contribution in [1.82, 2.24) is 25.5 Å². The minimum atomic E-state index is -0.829. The lowest BCUT2D eigenvalue weighted by molar-refractivity contribution is -0.144. The molecule has 1 aliphatic rings. The van der Waals surface area contributed by atoms with Crippen LogP contribution < -0.4 is 20.3 Å². The zero-order chi connectivity index (χ0) is 44.1. The minimum Gasteiger partial charge on any atom is -0.493 e. The van der Waals surface area contributed by atoms with E-state index in [0.717, 1.165) is 61.7 Å². The number of amides is 3. The molecule has 5 aromatic rings. The molecule has 13 nitrogen and oxygen atoms in total. The molecule has 3 heterocycles. The molecule has 1 saturated heterocycles. The predicted molar refractivity (Wildman–Crippen MR) is 244 cm³/mol. The second-order valence-corrected chi connectivity index (χ2v) is 17.6. The third-order valence-electron chi connectivity index (χ3n) is 10.7. The van der Waals surface area contributed by atoms with Gasteiger partial charge >= 0.3 is 0 Å². The number of fused-ring (bicyclic) bond motifs is 1. The number of thiazole rings is 1. The SMILES string of the molecule is Cc1ncsc1-c1ccc(CNC(=O)C2CCCN2C(=O)C(NC(=O)COCCOCCOCCCOc2ccc3nc(-c4ccc(N(C)C)cc4)ccc3c2)C(C)(C)C)cc1. The average molecular weight is 865 g/mol. The number of hydrogen-bond donors (Lipinski definition) is 2. The highest BCUT2D eigenvalue weighted by Gasteiger charge is 2.41. The first-order valence-electron chi connectivity index (χ1n) is 21.3. The topological polar surface area (TPSA) is 144 Å². The molecule has 0 spiro atoms. The maximum atomic E-state index is 13.9. The van der Waals surface area contributed by atoms with Gasteiger partial charge in [0.25, 0.3) is 0 Å². The van der Waals surface area contributed by atoms with Gasteiger partial charge in [-0.3, -0.25) is 14.4 Å². The number of likely N-dealkylation sites (tertiary alicyclic amines) is 1. The number of benzene rings is 3. The van der Waals surface area contributed by atoms with Crippen LogP contribution in [-0.2, 0) is 35.1 Å². The fraction of sp³-hybridized carbons (Fsp3) is 0.438. The molecule has 0 bridgehead atoms. The van der Waals surface area contributed by atoms with Crippen LogP contribution in [0.2, 0.25) is 0 Å². The number of aromatic nitrogens is 2. The van der Waals surface area contributed by atoms with Crippen molar-refractivity contribution in [2.75, 3.05) is 71.8 Å². The second kappa shape index (κ2) is 22.1. The number of nitrogens with one attached hydrogen (secondary N) is 2. The summed E-state index contributed by atoms with van der Waals surface area (Å²) in [4.78, 5) is 54.1. The fourth-order valence-electron chi connectivity index (χ4n) is 7.22. The smallest absolute Gasteiger partial charge is 0.246 e. The van der Waals surface area contributed by atoms with Crippen molar-refractivity contribution in [3.05, 3.63) is 95.6 Å². The Morgan fingerprint density at radius 3 is 2.27 bits per heavy atom. The van der Waals surface area contributed by atoms with E-state index in [1.807, 2.05) is 95.8 Å². The van der Waals surface area contributed by atoms with Crippen LogP contribution in [0.15, 0.2) is 84.4 Å². The Hall–Kier alpha value is -5.41. The number of carbonyl (C=O) groups is 3. The van der Waals surface area contributed by atoms with Crippen molar-refractivity contribution in [3.63, 3.8) is 0 Å². The molecule has 0 radical (unpaired) electrons. The summed E-state index contributed by atoms with van der Waals surface area (Å²) in [6.07, 6.45) is 2.00. The first-order valence-corrected chi connectivity index (χ1v) is 22.2. The molecular formula is C48H60N6O7S. The van der Waals surface area contributed by atoms with E-state index in [-0.39, 0.29) is 25.0 Å². The molecule has 0 aliphatic carbocycles. The third kappa shape index (κ3) is 12.8. The highest BCUT2D eigenvalue weighted by Crippen LogP contribution is 2.29. The van der Waals surface area contributed by atoms with Crippen LogP contribution in [0.5, 0.6) is 5.75 Å². The van der Waals surface area contributed by atoms with E-state index < -0.39 is 23.4 Å². The van der Waals surface area contributed by atoms with Crippen molar-refractivity contribution in [2.45, 2.75) is 65.6 Å². The number of aryl methyl sites for hydroxylation is 1. The standard InChI is InChI=1S/C48H60N6O7S/c1-33-44(62-32-50-33)36-12-10-34(11-13-36)30-49-46(56)42-9-7-22-54(42)47(57)45(48(2,3)4)52-43(55)31-60-28-27-59-26-25-58-23-8-24-61-39-19-21-41-37(29-39)16-20-40(51-41)35-14-17-38(18-15-35)53(5)6/h10-21,29,32,42,45H,7-9,22-28,30-31H2,1-6H3,(H,49,56)(H,52,55). The first kappa shape index (κ1) is 46.1. The number of nitrogens with zero attached hydrogens (tertiary/aromatic N) is 4. The van der Waals surface area contributed by atoms with Gasteiger partial charge in [-0.1, -0.05) is 63.2 Å². The number of carbonyl (C=O) groups excluding carboxylic acids is 3. The summed E-state index contributed by atoms with van der Waals surface area (Å²) in [5.74, 6) is -0.0898. The van der Waals surface area contributed by atoms with Crippen molar-refractivity contribution >= 4 is 45.6 Å². The van der Waals surface area contributed by atoms with Gasteiger partial charge in [0, 0.05) is 56.8 Å². The zero-order valence-electron chi connectivity index (χ0n) is 36.8. The zero-order valence-corrected chi connectivity index (χ0v) is 37.6. The molecule has 3 amide bonds. The van der Waals surface area contributed by atoms with E-state index in [1.54, 1.807) is 16.2 Å². The van der Waals surface area contributed by atoms with Gasteiger partial charge in [-0.15, -0.1) is 11.3 Å². The normalized spacial score (nSPS) is 14.5. The molecule has 2 atom stereocenters. The molecule has 1 aliphatic heterocycles. The van der Waals surface area contributed by atoms with Crippen molar-refractivity contribution in [2.24, 2.45) is 5.41 Å². The third-order valence-corrected chi connectivity index (χ3v) is 11.7. The van der Waals surface area contributed by atoms with Gasteiger partial charge in [-0.25, -0.2) is 9.97 Å². The van der Waals surface area contributed by atoms with Gasteiger partial charge in [0.05, 0.1) is 60.3 Å². The number of ether oxygens (including phenoxy) is 4. The quantitative estimate of drug-likeness (QED) is 0.0737. The summed E-state index contributed by atoms with van der Waals surface area (Å²) in [6.45, 7) is 10.6. The van der Waals surface area contributed by atoms with Gasteiger partial charge in [0.2, 0.25) is 17.7 Å². The van der Waals surface area contributed by atoms with Crippen LogP contribution >= 0.6 is 11.3 Å². The number of hydrogen-bond acceptors (Lipinski definition) is 11. The fourth-order valence-corrected chi connectivity index (χ4v) is 8.03. The summed E-state index contributed by atoms with van der Waals surface area (Å²) in [5.41, 5.74) is 8.35. The summed E-state index contributed by atoms with van der Waals surface area (Å²) in [7, 11) is 4.05. The highest BCUT2D eigenvalue weighted by atomic mass is 32.1. The van der Waals surface area contributed by atoms with Crippen molar-refractivity contribution < 1.29 is 33.3 Å². The molecule has 2 N–H and O–H groups in total. The van der Waals surface area contributed by atoms with Gasteiger partial charge < -0.3 is 39.4 Å².